The summed E-state index contributed by atoms with van der Waals surface area (Å²) in [6.45, 7) is 1.00. The zero-order valence-corrected chi connectivity index (χ0v) is 39.8. The van der Waals surface area contributed by atoms with Gasteiger partial charge in [0.1, 0.15) is 0 Å². The van der Waals surface area contributed by atoms with Crippen molar-refractivity contribution < 1.29 is 0 Å². The first-order chi connectivity index (χ1) is 35.7. The van der Waals surface area contributed by atoms with Crippen LogP contribution in [0.4, 0.5) is 28.4 Å². The molecule has 3 aliphatic rings. The summed E-state index contributed by atoms with van der Waals surface area (Å²) >= 11 is 0. The van der Waals surface area contributed by atoms with Gasteiger partial charge in [0.05, 0.1) is 22.5 Å². The number of rotatable bonds is 6. The van der Waals surface area contributed by atoms with E-state index in [1.54, 1.807) is 0 Å². The molecule has 0 unspecified atom stereocenters. The predicted octanol–water partition coefficient (Wildman–Crippen LogP) is 18.3. The smallest absolute Gasteiger partial charge is 0.0714 e. The van der Waals surface area contributed by atoms with Gasteiger partial charge >= 0.3 is 0 Å². The first-order valence-corrected chi connectivity index (χ1v) is 25.4. The third-order valence-corrected chi connectivity index (χ3v) is 16.1. The maximum Gasteiger partial charge on any atom is 0.0714 e. The fourth-order valence-electron chi connectivity index (χ4n) is 13.0. The molecule has 0 radical (unpaired) electrons. The van der Waals surface area contributed by atoms with Gasteiger partial charge in [-0.1, -0.05) is 212 Å². The highest BCUT2D eigenvalue weighted by molar-refractivity contribution is 6.35. The summed E-state index contributed by atoms with van der Waals surface area (Å²) in [5.41, 5.74) is 19.6. The van der Waals surface area contributed by atoms with Crippen molar-refractivity contribution >= 4 is 95.8 Å². The lowest BCUT2D eigenvalue weighted by Crippen LogP contribution is -2.29. The molecule has 0 N–H and O–H groups in total. The standard InChI is InChI=1S/C70H48N2/c1-3-20-51(21-4-1)70(52-22-5-2-6-23-52)62-44-46(32-38-55(62)56-40-37-53(45-63(56)70)71-43-15-19-48-16-7-10-28-64(48)71)31-33-47-36-39-59-58-26-14-27-61-67(42-41-60(69(58)61)57-25-13-24-54(47)68(57)59)72-65-29-11-8-17-49(65)34-35-50-18-9-12-30-66(50)72/h1-14,16-18,20-42,44-45H,15,19,43H2/b33-31+. The first-order valence-electron chi connectivity index (χ1n) is 25.4. The highest BCUT2D eigenvalue weighted by Gasteiger charge is 2.46. The van der Waals surface area contributed by atoms with E-state index in [0.29, 0.717) is 0 Å². The van der Waals surface area contributed by atoms with E-state index >= 15 is 0 Å². The van der Waals surface area contributed by atoms with Crippen LogP contribution in [-0.2, 0) is 11.8 Å². The van der Waals surface area contributed by atoms with Gasteiger partial charge in [-0.05, 0) is 154 Å². The normalized spacial score (nSPS) is 14.4. The van der Waals surface area contributed by atoms with Gasteiger partial charge in [0, 0.05) is 23.3 Å². The lowest BCUT2D eigenvalue weighted by atomic mass is 9.67. The fourth-order valence-corrected chi connectivity index (χ4v) is 13.0. The Hall–Kier alpha value is -8.98. The van der Waals surface area contributed by atoms with Crippen LogP contribution in [0.5, 0.6) is 0 Å². The van der Waals surface area contributed by atoms with Crippen LogP contribution in [-0.4, -0.2) is 6.54 Å². The van der Waals surface area contributed by atoms with Crippen LogP contribution in [0.3, 0.4) is 0 Å². The van der Waals surface area contributed by atoms with Crippen LogP contribution in [0.2, 0.25) is 0 Å². The largest absolute Gasteiger partial charge is 0.341 e. The molecule has 12 aromatic rings. The lowest BCUT2D eigenvalue weighted by molar-refractivity contribution is 0.756. The lowest BCUT2D eigenvalue weighted by Gasteiger charge is -2.36. The number of anilines is 5. The average Bonchev–Trinajstić information content (AvgIpc) is 3.63. The molecule has 0 bridgehead atoms. The summed E-state index contributed by atoms with van der Waals surface area (Å²) in [5, 5.41) is 10.2. The molecular formula is C70H48N2. The number of hydrogen-bond donors (Lipinski definition) is 0. The van der Waals surface area contributed by atoms with E-state index in [2.05, 4.69) is 265 Å². The molecule has 2 heterocycles. The minimum Gasteiger partial charge on any atom is -0.341 e. The summed E-state index contributed by atoms with van der Waals surface area (Å²) in [5.74, 6) is 0. The van der Waals surface area contributed by atoms with Gasteiger partial charge in [-0.15, -0.1) is 0 Å². The number of fused-ring (bicyclic) bond motifs is 8. The van der Waals surface area contributed by atoms with E-state index in [9.17, 15) is 0 Å². The summed E-state index contributed by atoms with van der Waals surface area (Å²) in [4.78, 5) is 5.01. The van der Waals surface area contributed by atoms with Crippen molar-refractivity contribution in [3.8, 4) is 11.1 Å². The molecule has 2 aliphatic heterocycles. The molecule has 2 heteroatoms. The number of benzene rings is 12. The number of nitrogens with zero attached hydrogens (tertiary/aromatic N) is 2. The average molecular weight is 917 g/mol. The van der Waals surface area contributed by atoms with Crippen molar-refractivity contribution in [2.45, 2.75) is 18.3 Å². The van der Waals surface area contributed by atoms with Crippen LogP contribution >= 0.6 is 0 Å². The summed E-state index contributed by atoms with van der Waals surface area (Å²) in [7, 11) is 0. The molecule has 0 saturated carbocycles. The predicted molar refractivity (Wildman–Crippen MR) is 306 cm³/mol. The first kappa shape index (κ1) is 40.9. The van der Waals surface area contributed by atoms with Gasteiger partial charge in [-0.2, -0.15) is 0 Å². The van der Waals surface area contributed by atoms with Crippen LogP contribution in [0.1, 0.15) is 56.5 Å². The van der Waals surface area contributed by atoms with Crippen molar-refractivity contribution in [3.63, 3.8) is 0 Å². The van der Waals surface area contributed by atoms with Gasteiger partial charge < -0.3 is 9.80 Å². The van der Waals surface area contributed by atoms with E-state index in [4.69, 9.17) is 0 Å². The van der Waals surface area contributed by atoms with Crippen molar-refractivity contribution in [2.75, 3.05) is 16.3 Å². The minimum atomic E-state index is -0.520. The molecule has 2 nitrogen and oxygen atoms in total. The monoisotopic (exact) mass is 916 g/mol. The zero-order valence-electron chi connectivity index (χ0n) is 39.8. The Bertz CT molecular complexity index is 4090. The molecule has 0 saturated heterocycles. The van der Waals surface area contributed by atoms with Gasteiger partial charge in [-0.3, -0.25) is 0 Å². The van der Waals surface area contributed by atoms with Crippen LogP contribution in [0.25, 0.3) is 78.5 Å². The third-order valence-electron chi connectivity index (χ3n) is 16.1. The highest BCUT2D eigenvalue weighted by atomic mass is 15.2. The highest BCUT2D eigenvalue weighted by Crippen LogP contribution is 2.58. The second kappa shape index (κ2) is 16.0. The fraction of sp³-hybridized carbons (Fsp3) is 0.0571. The molecule has 12 aromatic carbocycles. The quantitative estimate of drug-likeness (QED) is 0.0932. The Kier molecular flexibility index (Phi) is 9.10. The summed E-state index contributed by atoms with van der Waals surface area (Å²) < 4.78 is 0. The van der Waals surface area contributed by atoms with E-state index in [-0.39, 0.29) is 0 Å². The second-order valence-corrected chi connectivity index (χ2v) is 19.8. The Morgan fingerprint density at radius 1 is 0.389 bits per heavy atom. The van der Waals surface area contributed by atoms with Crippen molar-refractivity contribution in [3.05, 3.63) is 281 Å². The van der Waals surface area contributed by atoms with Gasteiger partial charge in [-0.25, -0.2) is 0 Å². The Morgan fingerprint density at radius 2 is 0.944 bits per heavy atom. The Morgan fingerprint density at radius 3 is 1.65 bits per heavy atom. The topological polar surface area (TPSA) is 6.48 Å². The van der Waals surface area contributed by atoms with E-state index in [1.807, 2.05) is 0 Å². The molecule has 72 heavy (non-hydrogen) atoms. The Labute approximate surface area is 420 Å². The molecule has 1 aliphatic carbocycles. The van der Waals surface area contributed by atoms with Gasteiger partial charge in [0.15, 0.2) is 0 Å². The van der Waals surface area contributed by atoms with E-state index in [0.717, 1.165) is 19.4 Å². The molecule has 0 amide bonds. The van der Waals surface area contributed by atoms with Gasteiger partial charge in [0.25, 0.3) is 0 Å². The van der Waals surface area contributed by atoms with Crippen LogP contribution < -0.4 is 9.80 Å². The van der Waals surface area contributed by atoms with Gasteiger partial charge in [0.2, 0.25) is 0 Å². The minimum absolute atomic E-state index is 0.520. The number of aryl methyl sites for hydroxylation is 1. The SMILES string of the molecule is C1=Cc2ccccc2N(c2ccc3c4cccc5c(/C=C/c6ccc7c(c6)C(c6ccccc6)(c6ccccc6)c6cc(N8CCCc9ccccc98)ccc6-7)ccc(c6cccc2c63)c54)c2ccccc21. The molecule has 0 spiro atoms. The second-order valence-electron chi connectivity index (χ2n) is 19.8. The molecule has 0 aromatic heterocycles. The summed E-state index contributed by atoms with van der Waals surface area (Å²) in [6, 6.07) is 86.5. The number of para-hydroxylation sites is 3. The van der Waals surface area contributed by atoms with Crippen molar-refractivity contribution in [2.24, 2.45) is 0 Å². The molecular weight excluding hydrogens is 869 g/mol. The van der Waals surface area contributed by atoms with Crippen molar-refractivity contribution in [1.82, 2.24) is 0 Å². The molecule has 15 rings (SSSR count). The van der Waals surface area contributed by atoms with Crippen LogP contribution in [0.15, 0.2) is 231 Å². The van der Waals surface area contributed by atoms with Crippen LogP contribution in [0, 0.1) is 0 Å². The molecule has 0 atom stereocenters. The van der Waals surface area contributed by atoms with E-state index in [1.165, 1.54) is 133 Å². The zero-order chi connectivity index (χ0) is 47.3. The molecule has 338 valence electrons. The summed E-state index contributed by atoms with van der Waals surface area (Å²) in [6.07, 6.45) is 11.4. The molecule has 0 fully saturated rings. The Balaban J connectivity index is 0.872. The maximum absolute atomic E-state index is 2.54. The third kappa shape index (κ3) is 5.96. The maximum atomic E-state index is 2.54. The van der Waals surface area contributed by atoms with Crippen molar-refractivity contribution in [1.29, 1.82) is 0 Å². The van der Waals surface area contributed by atoms with E-state index < -0.39 is 5.41 Å². The number of hydrogen-bond acceptors (Lipinski definition) is 2.